The van der Waals surface area contributed by atoms with Gasteiger partial charge < -0.3 is 20.0 Å². The van der Waals surface area contributed by atoms with Crippen molar-refractivity contribution in [2.24, 2.45) is 0 Å². The van der Waals surface area contributed by atoms with Crippen LogP contribution in [0.25, 0.3) is 6.08 Å². The first-order chi connectivity index (χ1) is 14.7. The molecule has 0 atom stereocenters. The van der Waals surface area contributed by atoms with Gasteiger partial charge >= 0.3 is 0 Å². The second-order valence-corrected chi connectivity index (χ2v) is 8.72. The lowest BCUT2D eigenvalue weighted by Gasteiger charge is -2.34. The summed E-state index contributed by atoms with van der Waals surface area (Å²) in [7, 11) is 2.16. The molecule has 2 heterocycles. The third kappa shape index (κ3) is 5.37. The number of nitrogens with zero attached hydrogens (tertiary/aromatic N) is 3. The lowest BCUT2D eigenvalue weighted by Crippen LogP contribution is -2.44. The second-order valence-electron chi connectivity index (χ2n) is 8.31. The van der Waals surface area contributed by atoms with E-state index in [1.165, 1.54) is 35.4 Å². The summed E-state index contributed by atoms with van der Waals surface area (Å²) in [5, 5.41) is 4.26. The van der Waals surface area contributed by atoms with E-state index in [0.717, 1.165) is 57.4 Å². The van der Waals surface area contributed by atoms with Crippen LogP contribution in [-0.4, -0.2) is 69.2 Å². The van der Waals surface area contributed by atoms with Crippen LogP contribution in [0.4, 0.5) is 5.69 Å². The molecule has 2 fully saturated rings. The molecule has 160 valence electrons. The zero-order valence-corrected chi connectivity index (χ0v) is 18.7. The Balaban J connectivity index is 0.000000147. The van der Waals surface area contributed by atoms with Crippen LogP contribution in [0.2, 0.25) is 5.02 Å². The topological polar surface area (TPSA) is 21.8 Å². The minimum absolute atomic E-state index is 0.858. The third-order valence-electron chi connectivity index (χ3n) is 6.25. The summed E-state index contributed by atoms with van der Waals surface area (Å²) in [6.07, 6.45) is 4.78. The highest BCUT2D eigenvalue weighted by Crippen LogP contribution is 2.26. The summed E-state index contributed by atoms with van der Waals surface area (Å²) < 4.78 is 0. The molecule has 3 aliphatic rings. The first-order valence-electron chi connectivity index (χ1n) is 11.1. The number of likely N-dealkylation sites (N-methyl/N-ethyl adjacent to an activating group) is 1. The van der Waals surface area contributed by atoms with Crippen LogP contribution in [0.15, 0.2) is 54.2 Å². The largest absolute Gasteiger partial charge is 0.372 e. The van der Waals surface area contributed by atoms with Crippen LogP contribution in [0, 0.1) is 0 Å². The first kappa shape index (κ1) is 21.2. The van der Waals surface area contributed by atoms with Crippen molar-refractivity contribution in [3.05, 3.63) is 70.4 Å². The molecule has 0 amide bonds. The number of rotatable bonds is 2. The van der Waals surface area contributed by atoms with E-state index in [0.29, 0.717) is 0 Å². The van der Waals surface area contributed by atoms with Crippen LogP contribution in [0.3, 0.4) is 0 Å². The number of hydrogen-bond acceptors (Lipinski definition) is 4. The van der Waals surface area contributed by atoms with Gasteiger partial charge in [-0.25, -0.2) is 0 Å². The highest BCUT2D eigenvalue weighted by molar-refractivity contribution is 6.33. The number of benzene rings is 2. The SMILES string of the molecule is C1=C(N2CCNCC2)CCc2ccccc21.CN1CCN(c2ccccc2Cl)CC1. The summed E-state index contributed by atoms with van der Waals surface area (Å²) in [6.45, 7) is 8.94. The number of fused-ring (bicyclic) bond motifs is 1. The summed E-state index contributed by atoms with van der Waals surface area (Å²) in [4.78, 5) is 7.22. The Bertz CT molecular complexity index is 852. The van der Waals surface area contributed by atoms with Crippen molar-refractivity contribution in [1.29, 1.82) is 0 Å². The molecule has 0 bridgehead atoms. The quantitative estimate of drug-likeness (QED) is 0.787. The van der Waals surface area contributed by atoms with Crippen molar-refractivity contribution < 1.29 is 0 Å². The Morgan fingerprint density at radius 3 is 2.23 bits per heavy atom. The van der Waals surface area contributed by atoms with Gasteiger partial charge in [-0.2, -0.15) is 0 Å². The number of hydrogen-bond donors (Lipinski definition) is 1. The average molecular weight is 425 g/mol. The molecule has 5 heteroatoms. The smallest absolute Gasteiger partial charge is 0.0639 e. The molecule has 0 aromatic heterocycles. The fourth-order valence-corrected chi connectivity index (χ4v) is 4.63. The van der Waals surface area contributed by atoms with Gasteiger partial charge in [-0.15, -0.1) is 0 Å². The lowest BCUT2D eigenvalue weighted by atomic mass is 9.95. The van der Waals surface area contributed by atoms with E-state index in [2.05, 4.69) is 63.5 Å². The van der Waals surface area contributed by atoms with Gasteiger partial charge in [0.2, 0.25) is 0 Å². The second kappa shape index (κ2) is 10.3. The van der Waals surface area contributed by atoms with E-state index in [1.54, 1.807) is 0 Å². The van der Waals surface area contributed by atoms with E-state index in [4.69, 9.17) is 11.6 Å². The molecule has 2 aliphatic heterocycles. The number of para-hydroxylation sites is 1. The summed E-state index contributed by atoms with van der Waals surface area (Å²) in [5.74, 6) is 0. The molecule has 1 N–H and O–H groups in total. The molecule has 2 saturated heterocycles. The Kier molecular flexibility index (Phi) is 7.32. The zero-order chi connectivity index (χ0) is 20.8. The van der Waals surface area contributed by atoms with Crippen molar-refractivity contribution in [2.75, 3.05) is 64.3 Å². The molecule has 4 nitrogen and oxygen atoms in total. The predicted molar refractivity (Wildman–Crippen MR) is 128 cm³/mol. The fraction of sp³-hybridized carbons (Fsp3) is 0.440. The van der Waals surface area contributed by atoms with Crippen LogP contribution in [0.5, 0.6) is 0 Å². The van der Waals surface area contributed by atoms with Crippen LogP contribution >= 0.6 is 11.6 Å². The molecule has 2 aromatic rings. The average Bonchev–Trinajstić information content (AvgIpc) is 2.81. The Hall–Kier alpha value is -2.01. The lowest BCUT2D eigenvalue weighted by molar-refractivity contribution is 0.292. The van der Waals surface area contributed by atoms with E-state index in [-0.39, 0.29) is 0 Å². The van der Waals surface area contributed by atoms with Gasteiger partial charge in [0.25, 0.3) is 0 Å². The Labute approximate surface area is 186 Å². The molecule has 5 rings (SSSR count). The zero-order valence-electron chi connectivity index (χ0n) is 18.0. The maximum Gasteiger partial charge on any atom is 0.0639 e. The van der Waals surface area contributed by atoms with E-state index in [1.807, 2.05) is 18.2 Å². The van der Waals surface area contributed by atoms with Gasteiger partial charge in [-0.1, -0.05) is 48.0 Å². The minimum atomic E-state index is 0.858. The van der Waals surface area contributed by atoms with Crippen molar-refractivity contribution in [1.82, 2.24) is 15.1 Å². The standard InChI is InChI=1S/C14H18N2.C11H15ClN2/c1-2-4-13-11-14(6-5-12(13)3-1)16-9-7-15-8-10-16;1-13-6-8-14(9-7-13)11-5-3-2-4-10(11)12/h1-4,11,15H,5-10H2;2-5H,6-9H2,1H3. The van der Waals surface area contributed by atoms with Gasteiger partial charge in [0.05, 0.1) is 10.7 Å². The van der Waals surface area contributed by atoms with E-state index >= 15 is 0 Å². The highest BCUT2D eigenvalue weighted by atomic mass is 35.5. The molecular weight excluding hydrogens is 392 g/mol. The van der Waals surface area contributed by atoms with Gasteiger partial charge in [0, 0.05) is 58.1 Å². The normalized spacial score (nSPS) is 19.5. The molecule has 0 saturated carbocycles. The predicted octanol–water partition coefficient (Wildman–Crippen LogP) is 3.97. The van der Waals surface area contributed by atoms with Gasteiger partial charge in [0.15, 0.2) is 0 Å². The van der Waals surface area contributed by atoms with Gasteiger partial charge in [0.1, 0.15) is 0 Å². The molecular formula is C25H33ClN4. The summed E-state index contributed by atoms with van der Waals surface area (Å²) >= 11 is 6.14. The van der Waals surface area contributed by atoms with Crippen LogP contribution in [-0.2, 0) is 6.42 Å². The summed E-state index contributed by atoms with van der Waals surface area (Å²) in [6, 6.07) is 16.8. The van der Waals surface area contributed by atoms with Crippen LogP contribution in [0.1, 0.15) is 17.5 Å². The number of piperazine rings is 2. The molecule has 1 aliphatic carbocycles. The van der Waals surface area contributed by atoms with Gasteiger partial charge in [-0.05, 0) is 49.2 Å². The number of nitrogens with one attached hydrogen (secondary N) is 1. The van der Waals surface area contributed by atoms with Crippen molar-refractivity contribution in [3.8, 4) is 0 Å². The molecule has 2 aromatic carbocycles. The number of aryl methyl sites for hydroxylation is 1. The van der Waals surface area contributed by atoms with E-state index in [9.17, 15) is 0 Å². The first-order valence-corrected chi connectivity index (χ1v) is 11.5. The molecule has 0 radical (unpaired) electrons. The van der Waals surface area contributed by atoms with E-state index < -0.39 is 0 Å². The van der Waals surface area contributed by atoms with Crippen LogP contribution < -0.4 is 10.2 Å². The molecule has 0 unspecified atom stereocenters. The van der Waals surface area contributed by atoms with Crippen molar-refractivity contribution >= 4 is 23.4 Å². The fourth-order valence-electron chi connectivity index (χ4n) is 4.37. The van der Waals surface area contributed by atoms with Gasteiger partial charge in [-0.3, -0.25) is 0 Å². The molecule has 30 heavy (non-hydrogen) atoms. The maximum absolute atomic E-state index is 6.14. The monoisotopic (exact) mass is 424 g/mol. The van der Waals surface area contributed by atoms with Crippen molar-refractivity contribution in [3.63, 3.8) is 0 Å². The number of allylic oxidation sites excluding steroid dienone is 1. The van der Waals surface area contributed by atoms with Crippen molar-refractivity contribution in [2.45, 2.75) is 12.8 Å². The number of halogens is 1. The minimum Gasteiger partial charge on any atom is -0.372 e. The highest BCUT2D eigenvalue weighted by Gasteiger charge is 2.17. The maximum atomic E-state index is 6.14. The Morgan fingerprint density at radius 2 is 1.47 bits per heavy atom. The molecule has 0 spiro atoms. The third-order valence-corrected chi connectivity index (χ3v) is 6.57. The Morgan fingerprint density at radius 1 is 0.767 bits per heavy atom. The number of anilines is 1. The summed E-state index contributed by atoms with van der Waals surface area (Å²) in [5.41, 5.74) is 5.62.